The van der Waals surface area contributed by atoms with E-state index in [1.807, 2.05) is 12.2 Å². The predicted molar refractivity (Wildman–Crippen MR) is 118 cm³/mol. The van der Waals surface area contributed by atoms with Gasteiger partial charge in [-0.25, -0.2) is 0 Å². The number of hydrogen-bond acceptors (Lipinski definition) is 8. The van der Waals surface area contributed by atoms with Crippen molar-refractivity contribution in [2.45, 2.75) is 12.8 Å². The monoisotopic (exact) mass is 438 g/mol. The molecule has 10 nitrogen and oxygen atoms in total. The lowest BCUT2D eigenvalue weighted by Gasteiger charge is -2.43. The van der Waals surface area contributed by atoms with Gasteiger partial charge >= 0.3 is 0 Å². The molecule has 4 N–H and O–H groups in total. The molecule has 2 aromatic carbocycles. The molecule has 5 rings (SSSR count). The lowest BCUT2D eigenvalue weighted by atomic mass is 9.61. The van der Waals surface area contributed by atoms with Gasteiger partial charge in [0.1, 0.15) is 0 Å². The van der Waals surface area contributed by atoms with Crippen molar-refractivity contribution in [2.75, 3.05) is 21.1 Å². The number of hydrogen-bond donors (Lipinski definition) is 4. The van der Waals surface area contributed by atoms with Crippen LogP contribution in [0.25, 0.3) is 0 Å². The molecule has 2 amide bonds. The van der Waals surface area contributed by atoms with Gasteiger partial charge in [0.25, 0.3) is 0 Å². The lowest BCUT2D eigenvalue weighted by molar-refractivity contribution is -0.134. The van der Waals surface area contributed by atoms with Crippen molar-refractivity contribution in [3.05, 3.63) is 71.1 Å². The molecule has 1 saturated carbocycles. The number of nitrogens with one attached hydrogen (secondary N) is 2. The van der Waals surface area contributed by atoms with Gasteiger partial charge < -0.3 is 31.5 Å². The van der Waals surface area contributed by atoms with Gasteiger partial charge in [0, 0.05) is 11.4 Å². The van der Waals surface area contributed by atoms with Crippen LogP contribution in [0.15, 0.2) is 60.7 Å². The summed E-state index contributed by atoms with van der Waals surface area (Å²) in [6.07, 6.45) is 5.60. The molecule has 10 heteroatoms. The van der Waals surface area contributed by atoms with Gasteiger partial charge in [-0.05, 0) is 73.2 Å². The quantitative estimate of drug-likeness (QED) is 0.395. The lowest BCUT2D eigenvalue weighted by Crippen LogP contribution is -2.48. The predicted octanol–water partition coefficient (Wildman–Crippen LogP) is 3.48. The van der Waals surface area contributed by atoms with Gasteiger partial charge in [0.05, 0.1) is 23.2 Å². The molecular weight excluding hydrogens is 416 g/mol. The maximum absolute atomic E-state index is 13.1. The second-order valence-corrected chi connectivity index (χ2v) is 7.96. The fraction of sp³-hybridized carbons (Fsp3) is 0.273. The summed E-state index contributed by atoms with van der Waals surface area (Å²) in [6, 6.07) is 11.5. The largest absolute Gasteiger partial charge is 0.733 e. The van der Waals surface area contributed by atoms with E-state index in [1.54, 1.807) is 0 Å². The Morgan fingerprint density at radius 3 is 1.34 bits per heavy atom. The summed E-state index contributed by atoms with van der Waals surface area (Å²) in [6.45, 7) is 0. The number of amides is 2. The molecule has 0 unspecified atom stereocenters. The third-order valence-electron chi connectivity index (χ3n) is 6.07. The molecule has 0 saturated heterocycles. The van der Waals surface area contributed by atoms with E-state index in [2.05, 4.69) is 10.6 Å². The molecule has 168 valence electrons. The molecule has 0 aliphatic heterocycles. The van der Waals surface area contributed by atoms with E-state index in [-0.39, 0.29) is 45.5 Å². The van der Waals surface area contributed by atoms with Crippen LogP contribution in [0.4, 0.5) is 22.7 Å². The van der Waals surface area contributed by atoms with Crippen LogP contribution >= 0.6 is 0 Å². The maximum Gasteiger partial charge on any atom is 0.228 e. The summed E-state index contributed by atoms with van der Waals surface area (Å²) in [7, 11) is 0. The molecule has 0 spiro atoms. The van der Waals surface area contributed by atoms with Gasteiger partial charge in [-0.3, -0.25) is 20.0 Å². The number of carbonyl (C=O) groups is 2. The van der Waals surface area contributed by atoms with Gasteiger partial charge in [0.2, 0.25) is 11.8 Å². The Bertz CT molecular complexity index is 925. The van der Waals surface area contributed by atoms with Crippen LogP contribution in [0.2, 0.25) is 0 Å². The maximum atomic E-state index is 13.1. The Morgan fingerprint density at radius 1 is 0.719 bits per heavy atom. The van der Waals surface area contributed by atoms with E-state index < -0.39 is 11.8 Å². The minimum Gasteiger partial charge on any atom is -0.733 e. The highest BCUT2D eigenvalue weighted by Gasteiger charge is 2.48. The Hall–Kier alpha value is -3.44. The van der Waals surface area contributed by atoms with E-state index in [0.717, 1.165) is 12.8 Å². The fourth-order valence-electron chi connectivity index (χ4n) is 4.50. The minimum atomic E-state index is -0.568. The highest BCUT2D eigenvalue weighted by Crippen LogP contribution is 2.45. The van der Waals surface area contributed by atoms with Crippen molar-refractivity contribution < 1.29 is 20.0 Å². The van der Waals surface area contributed by atoms with E-state index in [4.69, 9.17) is 10.4 Å². The third kappa shape index (κ3) is 4.43. The summed E-state index contributed by atoms with van der Waals surface area (Å²) in [5.41, 5.74) is 0.971. The van der Waals surface area contributed by atoms with Crippen LogP contribution < -0.4 is 21.1 Å². The average Bonchev–Trinajstić information content (AvgIpc) is 2.79. The minimum absolute atomic E-state index is 0.0345. The first-order valence-electron chi connectivity index (χ1n) is 10.2. The van der Waals surface area contributed by atoms with Crippen molar-refractivity contribution in [3.8, 4) is 0 Å². The second-order valence-electron chi connectivity index (χ2n) is 7.96. The Labute approximate surface area is 183 Å². The van der Waals surface area contributed by atoms with Crippen LogP contribution in [0.5, 0.6) is 0 Å². The molecule has 2 aromatic rings. The van der Waals surface area contributed by atoms with Crippen molar-refractivity contribution in [1.82, 2.24) is 0 Å². The standard InChI is InChI=1S/C22H22N4O6/c27-21(23-15-5-9-17(10-6-15)25(29)30)19-13-1-2-14(4-3-13)20(19)22(28)24-16-7-11-18(12-8-16)26(31)32/h1-2,5-14,19-20,29,31H,3-4H2,(H,23,27)(H,24,28)/q-2/t13-,14-,19-,20+/m1/s1. The first-order valence-corrected chi connectivity index (χ1v) is 10.2. The van der Waals surface area contributed by atoms with Gasteiger partial charge in [-0.15, -0.1) is 0 Å². The van der Waals surface area contributed by atoms with Gasteiger partial charge in [-0.2, -0.15) is 0 Å². The Morgan fingerprint density at radius 2 is 1.06 bits per heavy atom. The number of nitrogens with zero attached hydrogens (tertiary/aromatic N) is 2. The number of allylic oxidation sites excluding steroid dienone is 2. The third-order valence-corrected chi connectivity index (χ3v) is 6.07. The number of anilines is 4. The summed E-state index contributed by atoms with van der Waals surface area (Å²) >= 11 is 0. The zero-order valence-electron chi connectivity index (χ0n) is 16.9. The van der Waals surface area contributed by atoms with Crippen LogP contribution in [0, 0.1) is 34.1 Å². The van der Waals surface area contributed by atoms with Crippen molar-refractivity contribution in [3.63, 3.8) is 0 Å². The fourth-order valence-corrected chi connectivity index (χ4v) is 4.50. The van der Waals surface area contributed by atoms with Gasteiger partial charge in [0.15, 0.2) is 0 Å². The number of fused-ring (bicyclic) bond motifs is 2. The van der Waals surface area contributed by atoms with Crippen molar-refractivity contribution in [1.29, 1.82) is 0 Å². The molecule has 4 atom stereocenters. The molecule has 0 radical (unpaired) electrons. The van der Waals surface area contributed by atoms with E-state index in [1.165, 1.54) is 48.5 Å². The van der Waals surface area contributed by atoms with E-state index in [9.17, 15) is 20.0 Å². The molecule has 3 aliphatic rings. The van der Waals surface area contributed by atoms with E-state index >= 15 is 0 Å². The summed E-state index contributed by atoms with van der Waals surface area (Å²) in [4.78, 5) is 26.3. The molecule has 32 heavy (non-hydrogen) atoms. The molecule has 3 aliphatic carbocycles. The molecular formula is C22H22N4O6-2. The first-order chi connectivity index (χ1) is 15.3. The number of carbonyl (C=O) groups excluding carboxylic acids is 2. The Balaban J connectivity index is 1.50. The topological polar surface area (TPSA) is 151 Å². The highest BCUT2D eigenvalue weighted by molar-refractivity contribution is 6.00. The Kier molecular flexibility index (Phi) is 6.10. The van der Waals surface area contributed by atoms with Crippen LogP contribution in [-0.2, 0) is 9.59 Å². The number of benzene rings is 2. The molecule has 1 fully saturated rings. The smallest absolute Gasteiger partial charge is 0.228 e. The van der Waals surface area contributed by atoms with Crippen molar-refractivity contribution >= 4 is 34.6 Å². The molecule has 2 bridgehead atoms. The molecule has 0 heterocycles. The van der Waals surface area contributed by atoms with Crippen LogP contribution in [0.1, 0.15) is 12.8 Å². The first kappa shape index (κ1) is 21.8. The normalized spacial score (nSPS) is 23.5. The van der Waals surface area contributed by atoms with Crippen LogP contribution in [0.3, 0.4) is 0 Å². The van der Waals surface area contributed by atoms with Crippen molar-refractivity contribution in [2.24, 2.45) is 23.7 Å². The highest BCUT2D eigenvalue weighted by atomic mass is 16.8. The molecule has 0 aromatic heterocycles. The average molecular weight is 438 g/mol. The van der Waals surface area contributed by atoms with E-state index in [0.29, 0.717) is 11.4 Å². The summed E-state index contributed by atoms with van der Waals surface area (Å²) < 4.78 is 0. The second kappa shape index (κ2) is 8.97. The van der Waals surface area contributed by atoms with Crippen LogP contribution in [-0.4, -0.2) is 22.2 Å². The summed E-state index contributed by atoms with van der Waals surface area (Å²) in [5.74, 6) is -1.87. The zero-order valence-corrected chi connectivity index (χ0v) is 16.9. The van der Waals surface area contributed by atoms with Gasteiger partial charge in [-0.1, -0.05) is 12.2 Å². The zero-order chi connectivity index (χ0) is 22.8. The summed E-state index contributed by atoms with van der Waals surface area (Å²) in [5, 5.41) is 44.8. The SMILES string of the molecule is O=C(Nc1ccc(N([O-])O)cc1)[C@@H]1[C@H](C(=O)Nc2ccc(N([O-])O)cc2)[C@@H]2C=C[C@@H]1CC2. The number of rotatable bonds is 6.